The van der Waals surface area contributed by atoms with Crippen LogP contribution >= 0.6 is 11.3 Å². The van der Waals surface area contributed by atoms with Crippen LogP contribution in [0.3, 0.4) is 0 Å². The summed E-state index contributed by atoms with van der Waals surface area (Å²) in [6.07, 6.45) is 2.97. The molecule has 0 unspecified atom stereocenters. The third kappa shape index (κ3) is 4.39. The van der Waals surface area contributed by atoms with Gasteiger partial charge in [0.1, 0.15) is 17.2 Å². The summed E-state index contributed by atoms with van der Waals surface area (Å²) in [5.41, 5.74) is 2.00. The molecule has 34 heavy (non-hydrogen) atoms. The molecule has 1 aromatic heterocycles. The molecule has 0 amide bonds. The van der Waals surface area contributed by atoms with Gasteiger partial charge in [0.2, 0.25) is 0 Å². The van der Waals surface area contributed by atoms with Crippen LogP contribution in [-0.2, 0) is 0 Å². The largest absolute Gasteiger partial charge is 0.508 e. The van der Waals surface area contributed by atoms with Crippen LogP contribution in [0.15, 0.2) is 66.7 Å². The lowest BCUT2D eigenvalue weighted by atomic mass is 9.91. The third-order valence-corrected chi connectivity index (χ3v) is 7.67. The Hall–Kier alpha value is -3.35. The zero-order valence-electron chi connectivity index (χ0n) is 19.0. The predicted molar refractivity (Wildman–Crippen MR) is 136 cm³/mol. The van der Waals surface area contributed by atoms with Crippen LogP contribution in [-0.4, -0.2) is 46.6 Å². The van der Waals surface area contributed by atoms with Crippen molar-refractivity contribution in [3.05, 3.63) is 77.9 Å². The van der Waals surface area contributed by atoms with Crippen molar-refractivity contribution in [1.82, 2.24) is 4.90 Å². The highest BCUT2D eigenvalue weighted by atomic mass is 32.1. The van der Waals surface area contributed by atoms with E-state index in [0.717, 1.165) is 32.3 Å². The fraction of sp³-hybridized carbons (Fsp3) is 0.250. The molecular formula is C28H27NO4S. The Bertz CT molecular complexity index is 1290. The van der Waals surface area contributed by atoms with Gasteiger partial charge >= 0.3 is 0 Å². The molecule has 0 atom stereocenters. The Morgan fingerprint density at radius 2 is 1.62 bits per heavy atom. The highest BCUT2D eigenvalue weighted by molar-refractivity contribution is 7.22. The van der Waals surface area contributed by atoms with E-state index in [1.165, 1.54) is 37.3 Å². The summed E-state index contributed by atoms with van der Waals surface area (Å²) in [5, 5.41) is 20.2. The molecule has 0 aliphatic carbocycles. The Labute approximate surface area is 202 Å². The van der Waals surface area contributed by atoms with Crippen LogP contribution in [0, 0.1) is 0 Å². The summed E-state index contributed by atoms with van der Waals surface area (Å²) < 4.78 is 6.29. The summed E-state index contributed by atoms with van der Waals surface area (Å²) >= 11 is 1.44. The number of aromatic hydroxyl groups is 2. The van der Waals surface area contributed by atoms with E-state index in [4.69, 9.17) is 4.74 Å². The molecule has 174 valence electrons. The zero-order valence-corrected chi connectivity index (χ0v) is 19.8. The minimum absolute atomic E-state index is 0.0944. The van der Waals surface area contributed by atoms with Crippen LogP contribution in [0.5, 0.6) is 17.2 Å². The van der Waals surface area contributed by atoms with Crippen LogP contribution in [0.4, 0.5) is 0 Å². The van der Waals surface area contributed by atoms with Crippen molar-refractivity contribution in [3.63, 3.8) is 0 Å². The third-order valence-electron chi connectivity index (χ3n) is 6.47. The van der Waals surface area contributed by atoms with Crippen molar-refractivity contribution < 1.29 is 19.7 Å². The van der Waals surface area contributed by atoms with Gasteiger partial charge in [-0.15, -0.1) is 11.3 Å². The molecule has 6 rings (SSSR count). The Kier molecular flexibility index (Phi) is 6.26. The predicted octanol–water partition coefficient (Wildman–Crippen LogP) is 6.07. The number of carbonyl (C=O) groups is 1. The normalized spacial score (nSPS) is 15.0. The molecule has 2 fully saturated rings. The van der Waals surface area contributed by atoms with Gasteiger partial charge in [0, 0.05) is 32.1 Å². The SMILES string of the molecule is C1CN2CCC12.CCOc1ccc(C(=O)c2c(-c3ccc(O)cc3)sc3cc(O)ccc23)cc1. The molecule has 3 aromatic carbocycles. The first-order valence-corrected chi connectivity index (χ1v) is 12.4. The van der Waals surface area contributed by atoms with Gasteiger partial charge in [0.15, 0.2) is 5.78 Å². The molecule has 0 bridgehead atoms. The quantitative estimate of drug-likeness (QED) is 0.344. The summed E-state index contributed by atoms with van der Waals surface area (Å²) in [4.78, 5) is 16.7. The van der Waals surface area contributed by atoms with Gasteiger partial charge in [0.05, 0.1) is 6.61 Å². The maximum absolute atomic E-state index is 13.4. The first kappa shape index (κ1) is 22.4. The number of ketones is 1. The number of benzene rings is 3. The van der Waals surface area contributed by atoms with Crippen LogP contribution < -0.4 is 4.74 Å². The van der Waals surface area contributed by atoms with Gasteiger partial charge < -0.3 is 19.8 Å². The number of ether oxygens (including phenoxy) is 1. The van der Waals surface area contributed by atoms with E-state index in [1.807, 2.05) is 6.92 Å². The average molecular weight is 474 g/mol. The van der Waals surface area contributed by atoms with E-state index >= 15 is 0 Å². The molecule has 5 nitrogen and oxygen atoms in total. The monoisotopic (exact) mass is 473 g/mol. The van der Waals surface area contributed by atoms with Gasteiger partial charge in [-0.05, 0) is 105 Å². The number of phenols is 2. The number of fused-ring (bicyclic) bond motifs is 2. The van der Waals surface area contributed by atoms with E-state index in [1.54, 1.807) is 66.7 Å². The minimum atomic E-state index is -0.0944. The van der Waals surface area contributed by atoms with Gasteiger partial charge in [0.25, 0.3) is 0 Å². The second-order valence-electron chi connectivity index (χ2n) is 8.59. The highest BCUT2D eigenvalue weighted by Gasteiger charge is 2.34. The standard InChI is InChI=1S/C23H18O4S.C5H9N/c1-2-27-18-10-5-14(6-11-18)22(26)21-19-12-9-17(25)13-20(19)28-23(21)15-3-7-16(24)8-4-15;1-3-6-4-2-5(1)6/h3-13,24-25H,2H2,1H3;5H,1-4H2. The van der Waals surface area contributed by atoms with E-state index in [-0.39, 0.29) is 17.3 Å². The van der Waals surface area contributed by atoms with E-state index in [0.29, 0.717) is 17.7 Å². The minimum Gasteiger partial charge on any atom is -0.508 e. The fourth-order valence-electron chi connectivity index (χ4n) is 4.38. The molecular weight excluding hydrogens is 446 g/mol. The maximum Gasteiger partial charge on any atom is 0.195 e. The summed E-state index contributed by atoms with van der Waals surface area (Å²) in [5.74, 6) is 0.953. The van der Waals surface area contributed by atoms with E-state index in [2.05, 4.69) is 4.90 Å². The zero-order chi connectivity index (χ0) is 23.7. The van der Waals surface area contributed by atoms with Crippen molar-refractivity contribution in [2.24, 2.45) is 0 Å². The summed E-state index contributed by atoms with van der Waals surface area (Å²) in [6.45, 7) is 5.27. The lowest BCUT2D eigenvalue weighted by Gasteiger charge is -2.50. The maximum atomic E-state index is 13.4. The van der Waals surface area contributed by atoms with Crippen LogP contribution in [0.2, 0.25) is 0 Å². The number of hydrogen-bond acceptors (Lipinski definition) is 6. The number of thiophene rings is 1. The van der Waals surface area contributed by atoms with Crippen LogP contribution in [0.1, 0.15) is 35.7 Å². The molecule has 3 heterocycles. The Morgan fingerprint density at radius 1 is 0.971 bits per heavy atom. The van der Waals surface area contributed by atoms with Crippen LogP contribution in [0.25, 0.3) is 20.5 Å². The highest BCUT2D eigenvalue weighted by Crippen LogP contribution is 2.41. The smallest absolute Gasteiger partial charge is 0.195 e. The van der Waals surface area contributed by atoms with Gasteiger partial charge in [-0.1, -0.05) is 0 Å². The number of phenolic OH excluding ortho intramolecular Hbond substituents is 2. The molecule has 2 N–H and O–H groups in total. The number of rotatable bonds is 5. The summed E-state index contributed by atoms with van der Waals surface area (Å²) in [6, 6.07) is 19.9. The first-order chi connectivity index (χ1) is 16.5. The lowest BCUT2D eigenvalue weighted by molar-refractivity contribution is -0.00222. The molecule has 0 spiro atoms. The lowest BCUT2D eigenvalue weighted by Crippen LogP contribution is -2.57. The molecule has 4 aromatic rings. The Morgan fingerprint density at radius 3 is 2.18 bits per heavy atom. The van der Waals surface area contributed by atoms with Gasteiger partial charge in [-0.3, -0.25) is 4.79 Å². The fourth-order valence-corrected chi connectivity index (χ4v) is 5.62. The first-order valence-electron chi connectivity index (χ1n) is 11.6. The molecule has 0 radical (unpaired) electrons. The molecule has 2 aliphatic rings. The van der Waals surface area contributed by atoms with E-state index < -0.39 is 0 Å². The topological polar surface area (TPSA) is 70.0 Å². The van der Waals surface area contributed by atoms with E-state index in [9.17, 15) is 15.0 Å². The molecule has 0 saturated carbocycles. The molecule has 2 aliphatic heterocycles. The van der Waals surface area contributed by atoms with Crippen molar-refractivity contribution in [1.29, 1.82) is 0 Å². The van der Waals surface area contributed by atoms with Crippen molar-refractivity contribution in [2.45, 2.75) is 25.8 Å². The van der Waals surface area contributed by atoms with Crippen molar-refractivity contribution >= 4 is 27.2 Å². The number of carbonyl (C=O) groups excluding carboxylic acids is 1. The Balaban J connectivity index is 0.000000343. The molecule has 6 heteroatoms. The second kappa shape index (κ2) is 9.49. The van der Waals surface area contributed by atoms with Crippen molar-refractivity contribution in [2.75, 3.05) is 19.7 Å². The average Bonchev–Trinajstić information content (AvgIpc) is 3.21. The molecule has 2 saturated heterocycles. The van der Waals surface area contributed by atoms with Gasteiger partial charge in [-0.2, -0.15) is 0 Å². The van der Waals surface area contributed by atoms with Gasteiger partial charge in [-0.25, -0.2) is 0 Å². The number of nitrogens with zero attached hydrogens (tertiary/aromatic N) is 1. The summed E-state index contributed by atoms with van der Waals surface area (Å²) in [7, 11) is 0. The number of piperidine rings is 1. The second-order valence-corrected chi connectivity index (χ2v) is 9.64. The number of hydrogen-bond donors (Lipinski definition) is 2. The van der Waals surface area contributed by atoms with Crippen molar-refractivity contribution in [3.8, 4) is 27.7 Å².